The number of hydrogen-bond acceptors (Lipinski definition) is 5. The number of anilines is 3. The first-order chi connectivity index (χ1) is 16.2. The molecule has 0 unspecified atom stereocenters. The second-order valence-electron chi connectivity index (χ2n) is 8.01. The van der Waals surface area contributed by atoms with E-state index in [-0.39, 0.29) is 5.91 Å². The molecular weight excluding hydrogens is 414 g/mol. The summed E-state index contributed by atoms with van der Waals surface area (Å²) in [6.45, 7) is 0. The molecule has 0 aliphatic heterocycles. The lowest BCUT2D eigenvalue weighted by molar-refractivity contribution is -0.111. The first-order valence-corrected chi connectivity index (χ1v) is 11.1. The lowest BCUT2D eigenvalue weighted by atomic mass is 9.92. The Labute approximate surface area is 192 Å². The molecule has 0 fully saturated rings. The van der Waals surface area contributed by atoms with Crippen LogP contribution in [0.15, 0.2) is 71.4 Å². The first kappa shape index (κ1) is 20.8. The minimum atomic E-state index is -0.226. The summed E-state index contributed by atoms with van der Waals surface area (Å²) in [6.07, 6.45) is 8.90. The van der Waals surface area contributed by atoms with Crippen LogP contribution < -0.4 is 15.4 Å². The molecule has 4 aromatic rings. The van der Waals surface area contributed by atoms with Crippen molar-refractivity contribution >= 4 is 39.9 Å². The Morgan fingerprint density at radius 2 is 1.97 bits per heavy atom. The van der Waals surface area contributed by atoms with Crippen molar-refractivity contribution in [1.29, 1.82) is 0 Å². The third-order valence-corrected chi connectivity index (χ3v) is 5.84. The highest BCUT2D eigenvalue weighted by Crippen LogP contribution is 2.38. The van der Waals surface area contributed by atoms with E-state index in [2.05, 4.69) is 10.6 Å². The van der Waals surface area contributed by atoms with Crippen molar-refractivity contribution in [2.24, 2.45) is 0 Å². The van der Waals surface area contributed by atoms with E-state index < -0.39 is 0 Å². The summed E-state index contributed by atoms with van der Waals surface area (Å²) in [4.78, 5) is 17.4. The number of para-hydroxylation sites is 2. The molecule has 2 heterocycles. The summed E-state index contributed by atoms with van der Waals surface area (Å²) in [6, 6.07) is 17.3. The highest BCUT2D eigenvalue weighted by molar-refractivity contribution is 6.04. The Morgan fingerprint density at radius 1 is 1.09 bits per heavy atom. The molecule has 0 spiro atoms. The number of pyridine rings is 1. The number of fused-ring (bicyclic) bond motifs is 2. The molecule has 6 nitrogen and oxygen atoms in total. The van der Waals surface area contributed by atoms with Crippen molar-refractivity contribution in [2.75, 3.05) is 17.7 Å². The zero-order chi connectivity index (χ0) is 22.6. The summed E-state index contributed by atoms with van der Waals surface area (Å²) in [5, 5.41) is 7.52. The number of nitrogens with one attached hydrogen (secondary N) is 2. The minimum Gasteiger partial charge on any atom is -0.495 e. The summed E-state index contributed by atoms with van der Waals surface area (Å²) in [7, 11) is 1.67. The molecular formula is C27H25N3O3. The van der Waals surface area contributed by atoms with Gasteiger partial charge in [0.2, 0.25) is 5.91 Å². The van der Waals surface area contributed by atoms with Crippen LogP contribution in [0.3, 0.4) is 0 Å². The quantitative estimate of drug-likeness (QED) is 0.355. The van der Waals surface area contributed by atoms with E-state index in [1.54, 1.807) is 31.6 Å². The standard InChI is InChI=1S/C27H25N3O3/c1-32-25-11-5-4-10-24(25)30-27-20-8-2-3-9-22(20)29-23-14-12-18(17-21(23)27)28-26(31)15-13-19-7-6-16-33-19/h4-7,10-17H,2-3,8-9H2,1H3,(H,28,31)(H,29,30). The first-order valence-electron chi connectivity index (χ1n) is 11.1. The van der Waals surface area contributed by atoms with Gasteiger partial charge in [-0.05, 0) is 79.8 Å². The number of carbonyl (C=O) groups excluding carboxylic acids is 1. The number of benzene rings is 2. The highest BCUT2D eigenvalue weighted by atomic mass is 16.5. The Balaban J connectivity index is 1.52. The van der Waals surface area contributed by atoms with E-state index >= 15 is 0 Å². The summed E-state index contributed by atoms with van der Waals surface area (Å²) >= 11 is 0. The summed E-state index contributed by atoms with van der Waals surface area (Å²) in [5.74, 6) is 1.18. The maximum absolute atomic E-state index is 12.4. The van der Waals surface area contributed by atoms with Crippen LogP contribution in [0.1, 0.15) is 29.9 Å². The van der Waals surface area contributed by atoms with Crippen LogP contribution in [0.2, 0.25) is 0 Å². The van der Waals surface area contributed by atoms with Crippen molar-refractivity contribution in [3.05, 3.63) is 84.0 Å². The predicted octanol–water partition coefficient (Wildman–Crippen LogP) is 6.11. The molecule has 166 valence electrons. The van der Waals surface area contributed by atoms with Gasteiger partial charge in [0.15, 0.2) is 0 Å². The fourth-order valence-electron chi connectivity index (χ4n) is 4.25. The van der Waals surface area contributed by atoms with Gasteiger partial charge in [-0.2, -0.15) is 0 Å². The topological polar surface area (TPSA) is 76.4 Å². The molecule has 5 rings (SSSR count). The van der Waals surface area contributed by atoms with Crippen LogP contribution >= 0.6 is 0 Å². The number of methoxy groups -OCH3 is 1. The Bertz CT molecular complexity index is 1330. The van der Waals surface area contributed by atoms with Gasteiger partial charge in [-0.3, -0.25) is 9.78 Å². The normalized spacial score (nSPS) is 13.1. The van der Waals surface area contributed by atoms with E-state index in [9.17, 15) is 4.79 Å². The van der Waals surface area contributed by atoms with Crippen LogP contribution in [-0.4, -0.2) is 18.0 Å². The van der Waals surface area contributed by atoms with Gasteiger partial charge >= 0.3 is 0 Å². The average Bonchev–Trinajstić information content (AvgIpc) is 3.37. The number of hydrogen-bond donors (Lipinski definition) is 2. The van der Waals surface area contributed by atoms with Crippen LogP contribution in [0.4, 0.5) is 17.1 Å². The Hall–Kier alpha value is -4.06. The summed E-state index contributed by atoms with van der Waals surface area (Å²) in [5.41, 5.74) is 5.91. The van der Waals surface area contributed by atoms with Crippen LogP contribution in [0.25, 0.3) is 17.0 Å². The maximum atomic E-state index is 12.4. The monoisotopic (exact) mass is 439 g/mol. The van der Waals surface area contributed by atoms with Crippen molar-refractivity contribution < 1.29 is 13.9 Å². The van der Waals surface area contributed by atoms with Gasteiger partial charge in [0.1, 0.15) is 11.5 Å². The third kappa shape index (κ3) is 4.46. The number of rotatable bonds is 6. The molecule has 0 bridgehead atoms. The number of ether oxygens (including phenoxy) is 1. The van der Waals surface area contributed by atoms with E-state index in [0.29, 0.717) is 11.4 Å². The zero-order valence-electron chi connectivity index (χ0n) is 18.4. The SMILES string of the molecule is COc1ccccc1Nc1c2c(nc3ccc(NC(=O)C=Cc4ccco4)cc13)CCCC2. The molecule has 0 atom stereocenters. The molecule has 0 saturated carbocycles. The van der Waals surface area contributed by atoms with Gasteiger partial charge in [0, 0.05) is 22.8 Å². The second-order valence-corrected chi connectivity index (χ2v) is 8.01. The number of aromatic nitrogens is 1. The number of amides is 1. The fraction of sp³-hybridized carbons (Fsp3) is 0.185. The Morgan fingerprint density at radius 3 is 2.82 bits per heavy atom. The summed E-state index contributed by atoms with van der Waals surface area (Å²) < 4.78 is 10.8. The van der Waals surface area contributed by atoms with Gasteiger partial charge in [0.05, 0.1) is 30.3 Å². The van der Waals surface area contributed by atoms with Crippen molar-refractivity contribution in [3.63, 3.8) is 0 Å². The predicted molar refractivity (Wildman–Crippen MR) is 131 cm³/mol. The minimum absolute atomic E-state index is 0.226. The molecule has 6 heteroatoms. The number of carbonyl (C=O) groups is 1. The smallest absolute Gasteiger partial charge is 0.248 e. The van der Waals surface area contributed by atoms with Crippen molar-refractivity contribution in [1.82, 2.24) is 4.98 Å². The fourth-order valence-corrected chi connectivity index (χ4v) is 4.25. The van der Waals surface area contributed by atoms with Gasteiger partial charge in [0.25, 0.3) is 0 Å². The molecule has 2 aromatic carbocycles. The molecule has 1 amide bonds. The molecule has 0 radical (unpaired) electrons. The molecule has 33 heavy (non-hydrogen) atoms. The molecule has 2 aromatic heterocycles. The Kier molecular flexibility index (Phi) is 5.81. The van der Waals surface area contributed by atoms with Crippen LogP contribution in [0, 0.1) is 0 Å². The second kappa shape index (κ2) is 9.20. The van der Waals surface area contributed by atoms with Crippen molar-refractivity contribution in [3.8, 4) is 5.75 Å². The maximum Gasteiger partial charge on any atom is 0.248 e. The van der Waals surface area contributed by atoms with E-state index in [0.717, 1.165) is 59.4 Å². The van der Waals surface area contributed by atoms with Gasteiger partial charge < -0.3 is 19.8 Å². The van der Waals surface area contributed by atoms with Gasteiger partial charge in [-0.1, -0.05) is 12.1 Å². The van der Waals surface area contributed by atoms with Gasteiger partial charge in [-0.25, -0.2) is 0 Å². The number of aryl methyl sites for hydroxylation is 1. The lowest BCUT2D eigenvalue weighted by Crippen LogP contribution is -2.11. The van der Waals surface area contributed by atoms with Gasteiger partial charge in [-0.15, -0.1) is 0 Å². The molecule has 1 aliphatic rings. The van der Waals surface area contributed by atoms with Crippen molar-refractivity contribution in [2.45, 2.75) is 25.7 Å². The number of nitrogens with zero attached hydrogens (tertiary/aromatic N) is 1. The van der Waals surface area contributed by atoms with E-state index in [1.807, 2.05) is 42.5 Å². The average molecular weight is 440 g/mol. The lowest BCUT2D eigenvalue weighted by Gasteiger charge is -2.22. The van der Waals surface area contributed by atoms with Crippen LogP contribution in [-0.2, 0) is 17.6 Å². The largest absolute Gasteiger partial charge is 0.495 e. The molecule has 2 N–H and O–H groups in total. The highest BCUT2D eigenvalue weighted by Gasteiger charge is 2.19. The molecule has 1 aliphatic carbocycles. The van der Waals surface area contributed by atoms with E-state index in [1.165, 1.54) is 11.6 Å². The molecule has 0 saturated heterocycles. The van der Waals surface area contributed by atoms with E-state index in [4.69, 9.17) is 14.1 Å². The van der Waals surface area contributed by atoms with Crippen LogP contribution in [0.5, 0.6) is 5.75 Å². The third-order valence-electron chi connectivity index (χ3n) is 5.84. The zero-order valence-corrected chi connectivity index (χ0v) is 18.4. The number of furan rings is 1.